The Morgan fingerprint density at radius 3 is 1.93 bits per heavy atom. The number of nitrogens with one attached hydrogen (secondary N) is 2. The first kappa shape index (κ1) is 18.5. The molecule has 0 amide bonds. The van der Waals surface area contributed by atoms with Crippen molar-refractivity contribution >= 4 is 17.3 Å². The van der Waals surface area contributed by atoms with Crippen molar-refractivity contribution in [1.29, 1.82) is 0 Å². The molecule has 2 aromatic carbocycles. The van der Waals surface area contributed by atoms with Gasteiger partial charge in [-0.3, -0.25) is 0 Å². The molecule has 0 radical (unpaired) electrons. The molecule has 4 rings (SSSR count). The Hall–Kier alpha value is -1.91. The van der Waals surface area contributed by atoms with Gasteiger partial charge < -0.3 is 15.1 Å². The van der Waals surface area contributed by atoms with Crippen molar-refractivity contribution < 1.29 is 4.90 Å². The number of hydrogen-bond donors (Lipinski definition) is 2. The number of rotatable bonds is 4. The van der Waals surface area contributed by atoms with E-state index >= 15 is 0 Å². The lowest BCUT2D eigenvalue weighted by molar-refractivity contribution is -0.929. The summed E-state index contributed by atoms with van der Waals surface area (Å²) in [7, 11) is 0. The summed E-state index contributed by atoms with van der Waals surface area (Å²) in [5.41, 5.74) is 2.80. The quantitative estimate of drug-likeness (QED) is 0.796. The van der Waals surface area contributed by atoms with Crippen LogP contribution >= 0.6 is 12.2 Å². The summed E-state index contributed by atoms with van der Waals surface area (Å²) in [6.07, 6.45) is 5.23. The first-order chi connectivity index (χ1) is 13.3. The first-order valence-corrected chi connectivity index (χ1v) is 10.7. The highest BCUT2D eigenvalue weighted by Gasteiger charge is 2.31. The van der Waals surface area contributed by atoms with E-state index in [1.807, 2.05) is 0 Å². The number of thiocarbonyl (C=S) groups is 1. The van der Waals surface area contributed by atoms with Crippen LogP contribution in [-0.2, 0) is 0 Å². The third kappa shape index (κ3) is 4.50. The minimum Gasteiger partial charge on any atom is -0.360 e. The Bertz CT molecular complexity index is 680. The predicted octanol–water partition coefficient (Wildman–Crippen LogP) is 2.79. The van der Waals surface area contributed by atoms with E-state index < -0.39 is 0 Å². The van der Waals surface area contributed by atoms with Crippen molar-refractivity contribution in [3.8, 4) is 0 Å². The van der Waals surface area contributed by atoms with Gasteiger partial charge in [0.1, 0.15) is 6.04 Å². The van der Waals surface area contributed by atoms with Crippen LogP contribution < -0.4 is 10.2 Å². The fourth-order valence-corrected chi connectivity index (χ4v) is 4.93. The fourth-order valence-electron chi connectivity index (χ4n) is 4.58. The Morgan fingerprint density at radius 1 is 0.889 bits per heavy atom. The predicted molar refractivity (Wildman–Crippen MR) is 115 cm³/mol. The summed E-state index contributed by atoms with van der Waals surface area (Å²) >= 11 is 5.71. The summed E-state index contributed by atoms with van der Waals surface area (Å²) in [5.74, 6) is 0. The van der Waals surface area contributed by atoms with Gasteiger partial charge in [0.15, 0.2) is 5.11 Å². The minimum atomic E-state index is 0.394. The molecule has 2 aromatic rings. The molecule has 27 heavy (non-hydrogen) atoms. The zero-order valence-electron chi connectivity index (χ0n) is 15.9. The van der Waals surface area contributed by atoms with Crippen LogP contribution in [0.25, 0.3) is 0 Å². The maximum Gasteiger partial charge on any atom is 0.169 e. The number of nitrogens with zero attached hydrogens (tertiary/aromatic N) is 1. The summed E-state index contributed by atoms with van der Waals surface area (Å²) in [6.45, 7) is 4.29. The van der Waals surface area contributed by atoms with E-state index in [1.54, 1.807) is 4.90 Å². The molecule has 2 aliphatic rings. The van der Waals surface area contributed by atoms with Crippen molar-refractivity contribution in [3.05, 3.63) is 71.8 Å². The number of benzene rings is 2. The number of quaternary nitrogens is 1. The van der Waals surface area contributed by atoms with Crippen LogP contribution in [-0.4, -0.2) is 42.2 Å². The molecular formula is C23H30N3S+. The second-order valence-electron chi connectivity index (χ2n) is 7.83. The maximum absolute atomic E-state index is 5.71. The second-order valence-corrected chi connectivity index (χ2v) is 8.22. The number of piperazine rings is 1. The molecule has 2 N–H and O–H groups in total. The highest BCUT2D eigenvalue weighted by molar-refractivity contribution is 7.80. The van der Waals surface area contributed by atoms with Crippen molar-refractivity contribution in [2.24, 2.45) is 0 Å². The Labute approximate surface area is 168 Å². The average molecular weight is 381 g/mol. The van der Waals surface area contributed by atoms with Gasteiger partial charge in [-0.15, -0.1) is 0 Å². The van der Waals surface area contributed by atoms with Crippen LogP contribution in [0, 0.1) is 0 Å². The van der Waals surface area contributed by atoms with E-state index in [4.69, 9.17) is 12.2 Å². The van der Waals surface area contributed by atoms with Crippen LogP contribution in [0.2, 0.25) is 0 Å². The zero-order chi connectivity index (χ0) is 18.5. The van der Waals surface area contributed by atoms with E-state index in [-0.39, 0.29) is 0 Å². The van der Waals surface area contributed by atoms with Crippen molar-refractivity contribution in [3.63, 3.8) is 0 Å². The largest absolute Gasteiger partial charge is 0.360 e. The average Bonchev–Trinajstić information content (AvgIpc) is 3.23. The molecule has 1 aliphatic carbocycles. The van der Waals surface area contributed by atoms with Gasteiger partial charge in [-0.05, 0) is 25.1 Å². The molecule has 3 nitrogen and oxygen atoms in total. The van der Waals surface area contributed by atoms with E-state index in [0.29, 0.717) is 12.1 Å². The zero-order valence-corrected chi connectivity index (χ0v) is 16.8. The van der Waals surface area contributed by atoms with Gasteiger partial charge >= 0.3 is 0 Å². The standard InChI is InChI=1S/C23H29N3S/c27-23(24-21-13-7-8-14-21)26-17-15-25(16-18-26)22(19-9-3-1-4-10-19)20-11-5-2-6-12-20/h1-6,9-12,21-22H,7-8,13-18H2,(H,24,27)/p+1. The topological polar surface area (TPSA) is 19.7 Å². The normalized spacial score (nSPS) is 18.8. The molecule has 1 saturated carbocycles. The smallest absolute Gasteiger partial charge is 0.169 e. The molecule has 4 heteroatoms. The van der Waals surface area contributed by atoms with Crippen LogP contribution in [0.15, 0.2) is 60.7 Å². The third-order valence-electron chi connectivity index (χ3n) is 6.05. The van der Waals surface area contributed by atoms with E-state index in [2.05, 4.69) is 70.9 Å². The SMILES string of the molecule is S=C(NC1CCCC1)N1CC[NH+](C(c2ccccc2)c2ccccc2)CC1. The molecule has 1 heterocycles. The van der Waals surface area contributed by atoms with Gasteiger partial charge in [0, 0.05) is 17.2 Å². The molecule has 1 aliphatic heterocycles. The second kappa shape index (κ2) is 8.85. The van der Waals surface area contributed by atoms with Crippen LogP contribution in [0.4, 0.5) is 0 Å². The number of hydrogen-bond acceptors (Lipinski definition) is 1. The van der Waals surface area contributed by atoms with Crippen LogP contribution in [0.5, 0.6) is 0 Å². The molecule has 2 fully saturated rings. The third-order valence-corrected chi connectivity index (χ3v) is 6.43. The van der Waals surface area contributed by atoms with Crippen LogP contribution in [0.3, 0.4) is 0 Å². The molecule has 1 saturated heterocycles. The van der Waals surface area contributed by atoms with Gasteiger partial charge in [-0.1, -0.05) is 73.5 Å². The Kier molecular flexibility index (Phi) is 6.05. The lowest BCUT2D eigenvalue weighted by Crippen LogP contribution is -3.15. The summed E-state index contributed by atoms with van der Waals surface area (Å²) in [5, 5.41) is 4.57. The molecule has 0 unspecified atom stereocenters. The van der Waals surface area contributed by atoms with Gasteiger partial charge in [0.2, 0.25) is 0 Å². The molecule has 0 spiro atoms. The lowest BCUT2D eigenvalue weighted by atomic mass is 9.96. The van der Waals surface area contributed by atoms with Gasteiger partial charge in [-0.2, -0.15) is 0 Å². The molecular weight excluding hydrogens is 350 g/mol. The first-order valence-electron chi connectivity index (χ1n) is 10.3. The van der Waals surface area contributed by atoms with Crippen molar-refractivity contribution in [2.75, 3.05) is 26.2 Å². The fraction of sp³-hybridized carbons (Fsp3) is 0.435. The summed E-state index contributed by atoms with van der Waals surface area (Å²) in [4.78, 5) is 4.01. The minimum absolute atomic E-state index is 0.394. The van der Waals surface area contributed by atoms with E-state index in [9.17, 15) is 0 Å². The summed E-state index contributed by atoms with van der Waals surface area (Å²) < 4.78 is 0. The van der Waals surface area contributed by atoms with Crippen molar-refractivity contribution in [1.82, 2.24) is 10.2 Å². The monoisotopic (exact) mass is 380 g/mol. The lowest BCUT2D eigenvalue weighted by Gasteiger charge is -2.38. The molecule has 0 atom stereocenters. The maximum atomic E-state index is 5.71. The molecule has 142 valence electrons. The molecule has 0 aromatic heterocycles. The van der Waals surface area contributed by atoms with Gasteiger partial charge in [0.25, 0.3) is 0 Å². The van der Waals surface area contributed by atoms with Gasteiger partial charge in [-0.25, -0.2) is 0 Å². The van der Waals surface area contributed by atoms with Crippen LogP contribution in [0.1, 0.15) is 42.9 Å². The summed E-state index contributed by atoms with van der Waals surface area (Å²) in [6, 6.07) is 22.9. The van der Waals surface area contributed by atoms with E-state index in [1.165, 1.54) is 36.8 Å². The van der Waals surface area contributed by atoms with E-state index in [0.717, 1.165) is 31.3 Å². The molecule has 0 bridgehead atoms. The highest BCUT2D eigenvalue weighted by Crippen LogP contribution is 2.20. The van der Waals surface area contributed by atoms with Gasteiger partial charge in [0.05, 0.1) is 26.2 Å². The van der Waals surface area contributed by atoms with Crippen molar-refractivity contribution in [2.45, 2.75) is 37.8 Å². The Balaban J connectivity index is 1.43. The highest BCUT2D eigenvalue weighted by atomic mass is 32.1. The Morgan fingerprint density at radius 2 is 1.41 bits per heavy atom.